The van der Waals surface area contributed by atoms with Crippen LogP contribution in [0.5, 0.6) is 0 Å². The molecule has 1 amide bonds. The summed E-state index contributed by atoms with van der Waals surface area (Å²) in [6, 6.07) is 5.80. The molecule has 3 N–H and O–H groups in total. The summed E-state index contributed by atoms with van der Waals surface area (Å²) in [5, 5.41) is 11.8. The van der Waals surface area contributed by atoms with Crippen molar-refractivity contribution in [3.05, 3.63) is 21.9 Å². The van der Waals surface area contributed by atoms with Gasteiger partial charge in [0.1, 0.15) is 17.6 Å². The van der Waals surface area contributed by atoms with Crippen molar-refractivity contribution in [3.8, 4) is 6.07 Å². The van der Waals surface area contributed by atoms with Gasteiger partial charge >= 0.3 is 0 Å². The predicted octanol–water partition coefficient (Wildman–Crippen LogP) is 0.211. The van der Waals surface area contributed by atoms with E-state index in [-0.39, 0.29) is 6.61 Å². The van der Waals surface area contributed by atoms with Crippen LogP contribution in [0.4, 0.5) is 0 Å². The van der Waals surface area contributed by atoms with Crippen LogP contribution >= 0.6 is 11.3 Å². The normalized spacial score (nSPS) is 9.94. The van der Waals surface area contributed by atoms with Gasteiger partial charge in [-0.25, -0.2) is 0 Å². The molecule has 0 aliphatic rings. The summed E-state index contributed by atoms with van der Waals surface area (Å²) in [4.78, 5) is 12.2. The fourth-order valence-electron chi connectivity index (χ4n) is 1.06. The van der Waals surface area contributed by atoms with E-state index in [4.69, 9.17) is 15.7 Å². The summed E-state index contributed by atoms with van der Waals surface area (Å²) in [5.74, 6) is -0.461. The van der Waals surface area contributed by atoms with Gasteiger partial charge in [0.15, 0.2) is 0 Å². The van der Waals surface area contributed by atoms with Gasteiger partial charge in [-0.15, -0.1) is 11.3 Å². The highest BCUT2D eigenvalue weighted by Gasteiger charge is 1.98. The average molecular weight is 239 g/mol. The molecule has 0 aromatic carbocycles. The lowest BCUT2D eigenvalue weighted by atomic mass is 10.4. The number of rotatable bonds is 7. The van der Waals surface area contributed by atoms with E-state index >= 15 is 0 Å². The molecular weight excluding hydrogens is 226 g/mol. The molecule has 0 saturated carbocycles. The summed E-state index contributed by atoms with van der Waals surface area (Å²) in [6.07, 6.45) is 0. The number of ether oxygens (including phenoxy) is 1. The molecule has 86 valence electrons. The van der Waals surface area contributed by atoms with Gasteiger partial charge in [0.05, 0.1) is 6.61 Å². The van der Waals surface area contributed by atoms with Crippen LogP contribution in [0, 0.1) is 11.3 Å². The summed E-state index contributed by atoms with van der Waals surface area (Å²) < 4.78 is 4.97. The lowest BCUT2D eigenvalue weighted by Crippen LogP contribution is -2.23. The van der Waals surface area contributed by atoms with E-state index in [0.29, 0.717) is 24.6 Å². The van der Waals surface area contributed by atoms with Crippen molar-refractivity contribution in [3.63, 3.8) is 0 Å². The standard InChI is InChI=1S/C10H13N3O2S/c11-5-8-1-2-9(16-8)6-13-3-4-15-7-10(12)14/h1-2,13H,3-4,6-7H2,(H2,12,14). The van der Waals surface area contributed by atoms with Crippen LogP contribution in [0.2, 0.25) is 0 Å². The Morgan fingerprint density at radius 1 is 1.62 bits per heavy atom. The molecule has 0 aliphatic carbocycles. The summed E-state index contributed by atoms with van der Waals surface area (Å²) in [5.41, 5.74) is 4.90. The van der Waals surface area contributed by atoms with Gasteiger partial charge in [0.2, 0.25) is 5.91 Å². The van der Waals surface area contributed by atoms with Gasteiger partial charge in [-0.3, -0.25) is 4.79 Å². The number of carbonyl (C=O) groups is 1. The number of hydrogen-bond acceptors (Lipinski definition) is 5. The first-order valence-electron chi connectivity index (χ1n) is 4.78. The molecule has 16 heavy (non-hydrogen) atoms. The van der Waals surface area contributed by atoms with Crippen LogP contribution in [0.1, 0.15) is 9.75 Å². The van der Waals surface area contributed by atoms with Crippen molar-refractivity contribution in [2.24, 2.45) is 5.73 Å². The van der Waals surface area contributed by atoms with E-state index in [0.717, 1.165) is 4.88 Å². The van der Waals surface area contributed by atoms with Crippen LogP contribution in [0.15, 0.2) is 12.1 Å². The highest BCUT2D eigenvalue weighted by Crippen LogP contribution is 2.14. The van der Waals surface area contributed by atoms with Crippen LogP contribution in [-0.2, 0) is 16.1 Å². The van der Waals surface area contributed by atoms with Crippen molar-refractivity contribution in [2.75, 3.05) is 19.8 Å². The first kappa shape index (κ1) is 12.6. The number of amides is 1. The maximum atomic E-state index is 10.3. The molecule has 1 aromatic rings. The van der Waals surface area contributed by atoms with Gasteiger partial charge in [-0.1, -0.05) is 0 Å². The first-order chi connectivity index (χ1) is 7.72. The maximum Gasteiger partial charge on any atom is 0.243 e. The molecule has 1 aromatic heterocycles. The number of nitriles is 1. The lowest BCUT2D eigenvalue weighted by molar-refractivity contribution is -0.122. The minimum Gasteiger partial charge on any atom is -0.370 e. The number of nitrogens with two attached hydrogens (primary N) is 1. The Morgan fingerprint density at radius 2 is 2.44 bits per heavy atom. The van der Waals surface area contributed by atoms with Crippen LogP contribution < -0.4 is 11.1 Å². The van der Waals surface area contributed by atoms with Gasteiger partial charge in [0, 0.05) is 18.0 Å². The molecule has 0 atom stereocenters. The molecule has 0 bridgehead atoms. The Labute approximate surface area is 97.8 Å². The molecule has 1 heterocycles. The number of carbonyl (C=O) groups excluding carboxylic acids is 1. The van der Waals surface area contributed by atoms with Crippen molar-refractivity contribution in [1.82, 2.24) is 5.32 Å². The van der Waals surface area contributed by atoms with Crippen LogP contribution in [0.25, 0.3) is 0 Å². The lowest BCUT2D eigenvalue weighted by Gasteiger charge is -2.03. The van der Waals surface area contributed by atoms with Crippen LogP contribution in [0.3, 0.4) is 0 Å². The molecule has 5 nitrogen and oxygen atoms in total. The second-order valence-electron chi connectivity index (χ2n) is 3.07. The zero-order valence-electron chi connectivity index (χ0n) is 8.73. The van der Waals surface area contributed by atoms with Gasteiger partial charge < -0.3 is 15.8 Å². The highest BCUT2D eigenvalue weighted by molar-refractivity contribution is 7.12. The summed E-state index contributed by atoms with van der Waals surface area (Å²) in [7, 11) is 0. The second kappa shape index (κ2) is 6.95. The Morgan fingerprint density at radius 3 is 3.06 bits per heavy atom. The third-order valence-corrected chi connectivity index (χ3v) is 2.73. The summed E-state index contributed by atoms with van der Waals surface area (Å²) >= 11 is 1.46. The van der Waals surface area contributed by atoms with E-state index < -0.39 is 5.91 Å². The first-order valence-corrected chi connectivity index (χ1v) is 5.59. The maximum absolute atomic E-state index is 10.3. The SMILES string of the molecule is N#Cc1ccc(CNCCOCC(N)=O)s1. The van der Waals surface area contributed by atoms with Crippen molar-refractivity contribution < 1.29 is 9.53 Å². The zero-order valence-corrected chi connectivity index (χ0v) is 9.55. The monoisotopic (exact) mass is 239 g/mol. The molecule has 0 saturated heterocycles. The smallest absolute Gasteiger partial charge is 0.243 e. The number of thiophene rings is 1. The molecular formula is C10H13N3O2S. The fraction of sp³-hybridized carbons (Fsp3) is 0.400. The van der Waals surface area contributed by atoms with E-state index in [1.807, 2.05) is 6.07 Å². The highest BCUT2D eigenvalue weighted by atomic mass is 32.1. The van der Waals surface area contributed by atoms with Crippen molar-refractivity contribution in [2.45, 2.75) is 6.54 Å². The van der Waals surface area contributed by atoms with Crippen molar-refractivity contribution in [1.29, 1.82) is 5.26 Å². The molecule has 0 radical (unpaired) electrons. The average Bonchev–Trinajstić information content (AvgIpc) is 2.70. The Kier molecular flexibility index (Phi) is 5.50. The molecule has 0 fully saturated rings. The number of nitrogens with one attached hydrogen (secondary N) is 1. The number of hydrogen-bond donors (Lipinski definition) is 2. The Bertz CT molecular complexity index is 384. The molecule has 1 rings (SSSR count). The Hall–Kier alpha value is -1.42. The molecule has 6 heteroatoms. The predicted molar refractivity (Wildman–Crippen MR) is 60.8 cm³/mol. The summed E-state index contributed by atoms with van der Waals surface area (Å²) in [6.45, 7) is 1.75. The zero-order chi connectivity index (χ0) is 11.8. The molecule has 0 aliphatic heterocycles. The minimum atomic E-state index is -0.461. The molecule has 0 spiro atoms. The van der Waals surface area contributed by atoms with E-state index in [1.165, 1.54) is 11.3 Å². The molecule has 0 unspecified atom stereocenters. The second-order valence-corrected chi connectivity index (χ2v) is 4.24. The van der Waals surface area contributed by atoms with Gasteiger partial charge in [-0.05, 0) is 12.1 Å². The van der Waals surface area contributed by atoms with E-state index in [2.05, 4.69) is 11.4 Å². The fourth-order valence-corrected chi connectivity index (χ4v) is 1.84. The third-order valence-electron chi connectivity index (χ3n) is 1.74. The quantitative estimate of drug-likeness (QED) is 0.666. The van der Waals surface area contributed by atoms with Gasteiger partial charge in [0.25, 0.3) is 0 Å². The van der Waals surface area contributed by atoms with Crippen molar-refractivity contribution >= 4 is 17.2 Å². The number of primary amides is 1. The number of nitrogens with zero attached hydrogens (tertiary/aromatic N) is 1. The topological polar surface area (TPSA) is 88.1 Å². The Balaban J connectivity index is 2.07. The van der Waals surface area contributed by atoms with E-state index in [9.17, 15) is 4.79 Å². The third kappa shape index (κ3) is 4.89. The van der Waals surface area contributed by atoms with Crippen LogP contribution in [-0.4, -0.2) is 25.7 Å². The van der Waals surface area contributed by atoms with Gasteiger partial charge in [-0.2, -0.15) is 5.26 Å². The minimum absolute atomic E-state index is 0.0424. The van der Waals surface area contributed by atoms with E-state index in [1.54, 1.807) is 6.07 Å². The largest absolute Gasteiger partial charge is 0.370 e.